The molecule has 2 saturated heterocycles. The number of sulfone groups is 1. The Labute approximate surface area is 151 Å². The van der Waals surface area contributed by atoms with Gasteiger partial charge in [-0.05, 0) is 18.2 Å². The number of aliphatic imine (C=N–C) groups is 1. The van der Waals surface area contributed by atoms with Crippen LogP contribution < -0.4 is 4.90 Å². The van der Waals surface area contributed by atoms with Crippen molar-refractivity contribution < 1.29 is 26.4 Å². The first-order valence-electron chi connectivity index (χ1n) is 7.10. The van der Waals surface area contributed by atoms with Gasteiger partial charge in [-0.3, -0.25) is 4.79 Å². The number of thioether (sulfide) groups is 1. The maximum Gasteiger partial charge on any atom is 0.416 e. The number of hydrogen-bond acceptors (Lipinski definition) is 4. The van der Waals surface area contributed by atoms with Crippen molar-refractivity contribution in [2.75, 3.05) is 16.4 Å². The first-order chi connectivity index (χ1) is 11.5. The van der Waals surface area contributed by atoms with Gasteiger partial charge >= 0.3 is 6.18 Å². The molecule has 0 aliphatic carbocycles. The lowest BCUT2D eigenvalue weighted by Crippen LogP contribution is -2.38. The Morgan fingerprint density at radius 1 is 1.36 bits per heavy atom. The van der Waals surface area contributed by atoms with E-state index in [1.165, 1.54) is 11.8 Å². The molecule has 11 heteroatoms. The van der Waals surface area contributed by atoms with Gasteiger partial charge in [0, 0.05) is 12.2 Å². The van der Waals surface area contributed by atoms with Crippen LogP contribution in [0.1, 0.15) is 12.5 Å². The van der Waals surface area contributed by atoms with Gasteiger partial charge in [-0.15, -0.1) is 0 Å². The number of anilines is 1. The van der Waals surface area contributed by atoms with Crippen molar-refractivity contribution in [3.8, 4) is 0 Å². The zero-order valence-electron chi connectivity index (χ0n) is 12.7. The zero-order chi connectivity index (χ0) is 18.6. The van der Waals surface area contributed by atoms with Crippen molar-refractivity contribution in [1.82, 2.24) is 0 Å². The fraction of sp³-hybridized carbons (Fsp3) is 0.429. The predicted octanol–water partition coefficient (Wildman–Crippen LogP) is 2.98. The van der Waals surface area contributed by atoms with Crippen molar-refractivity contribution in [1.29, 1.82) is 0 Å². The summed E-state index contributed by atoms with van der Waals surface area (Å²) in [5.74, 6) is -0.876. The summed E-state index contributed by atoms with van der Waals surface area (Å²) in [4.78, 5) is 16.6. The van der Waals surface area contributed by atoms with E-state index >= 15 is 0 Å². The average molecular weight is 413 g/mol. The van der Waals surface area contributed by atoms with Gasteiger partial charge in [-0.25, -0.2) is 8.42 Å². The second kappa shape index (κ2) is 6.17. The number of hydrogen-bond donors (Lipinski definition) is 0. The minimum Gasteiger partial charge on any atom is -0.314 e. The van der Waals surface area contributed by atoms with Gasteiger partial charge in [-0.1, -0.05) is 23.4 Å². The number of nitrogens with zero attached hydrogens (tertiary/aromatic N) is 2. The first kappa shape index (κ1) is 18.5. The number of amides is 1. The monoisotopic (exact) mass is 412 g/mol. The third kappa shape index (κ3) is 3.65. The van der Waals surface area contributed by atoms with Gasteiger partial charge in [0.25, 0.3) is 0 Å². The predicted molar refractivity (Wildman–Crippen MR) is 90.9 cm³/mol. The van der Waals surface area contributed by atoms with Crippen LogP contribution in [0.5, 0.6) is 0 Å². The summed E-state index contributed by atoms with van der Waals surface area (Å²) < 4.78 is 62.9. The van der Waals surface area contributed by atoms with Gasteiger partial charge in [-0.2, -0.15) is 18.2 Å². The summed E-state index contributed by atoms with van der Waals surface area (Å²) in [6.07, 6.45) is -4.58. The summed E-state index contributed by atoms with van der Waals surface area (Å²) in [6, 6.07) is 2.19. The van der Waals surface area contributed by atoms with Crippen LogP contribution in [0.2, 0.25) is 5.02 Å². The van der Waals surface area contributed by atoms with Crippen molar-refractivity contribution >= 4 is 50.0 Å². The molecule has 0 unspecified atom stereocenters. The zero-order valence-corrected chi connectivity index (χ0v) is 15.1. The van der Waals surface area contributed by atoms with E-state index in [1.54, 1.807) is 0 Å². The number of halogens is 4. The maximum atomic E-state index is 13.0. The molecule has 0 aromatic heterocycles. The van der Waals surface area contributed by atoms with Crippen LogP contribution in [-0.2, 0) is 20.8 Å². The van der Waals surface area contributed by atoms with Gasteiger partial charge in [0.1, 0.15) is 0 Å². The highest BCUT2D eigenvalue weighted by Crippen LogP contribution is 2.44. The molecule has 0 bridgehead atoms. The van der Waals surface area contributed by atoms with Crippen molar-refractivity contribution in [2.24, 2.45) is 4.99 Å². The summed E-state index contributed by atoms with van der Waals surface area (Å²) in [5, 5.41) is -0.220. The molecule has 136 valence electrons. The van der Waals surface area contributed by atoms with Crippen LogP contribution in [0.25, 0.3) is 0 Å². The molecule has 25 heavy (non-hydrogen) atoms. The van der Waals surface area contributed by atoms with E-state index < -0.39 is 38.8 Å². The fourth-order valence-corrected chi connectivity index (χ4v) is 7.01. The molecule has 0 radical (unpaired) electrons. The Hall–Kier alpha value is -1.26. The van der Waals surface area contributed by atoms with Crippen LogP contribution >= 0.6 is 23.4 Å². The quantitative estimate of drug-likeness (QED) is 0.709. The number of alkyl halides is 3. The minimum atomic E-state index is -4.58. The van der Waals surface area contributed by atoms with Crippen LogP contribution in [0.4, 0.5) is 18.9 Å². The molecule has 0 spiro atoms. The van der Waals surface area contributed by atoms with E-state index in [4.69, 9.17) is 11.6 Å². The van der Waals surface area contributed by atoms with E-state index in [1.807, 2.05) is 0 Å². The molecule has 3 rings (SSSR count). The molecule has 2 aliphatic rings. The topological polar surface area (TPSA) is 66.8 Å². The second-order valence-electron chi connectivity index (χ2n) is 5.75. The summed E-state index contributed by atoms with van der Waals surface area (Å²) in [7, 11) is -3.32. The van der Waals surface area contributed by atoms with Crippen molar-refractivity contribution in [3.05, 3.63) is 28.8 Å². The fourth-order valence-electron chi connectivity index (χ4n) is 2.85. The van der Waals surface area contributed by atoms with Gasteiger partial charge in [0.05, 0.1) is 33.8 Å². The Balaban J connectivity index is 2.12. The lowest BCUT2D eigenvalue weighted by Gasteiger charge is -2.26. The first-order valence-corrected chi connectivity index (χ1v) is 10.2. The smallest absolute Gasteiger partial charge is 0.314 e. The van der Waals surface area contributed by atoms with E-state index in [2.05, 4.69) is 4.99 Å². The van der Waals surface area contributed by atoms with E-state index in [0.29, 0.717) is 0 Å². The van der Waals surface area contributed by atoms with Crippen LogP contribution in [0, 0.1) is 0 Å². The van der Waals surface area contributed by atoms with E-state index in [0.717, 1.165) is 30.0 Å². The minimum absolute atomic E-state index is 0.00593. The van der Waals surface area contributed by atoms with Crippen LogP contribution in [0.3, 0.4) is 0 Å². The van der Waals surface area contributed by atoms with Gasteiger partial charge in [0.15, 0.2) is 15.0 Å². The third-order valence-corrected chi connectivity index (χ3v) is 7.38. The average Bonchev–Trinajstić information content (AvgIpc) is 2.89. The maximum absolute atomic E-state index is 13.0. The van der Waals surface area contributed by atoms with E-state index in [9.17, 15) is 26.4 Å². The van der Waals surface area contributed by atoms with Crippen LogP contribution in [0.15, 0.2) is 23.2 Å². The number of amidine groups is 1. The highest BCUT2D eigenvalue weighted by molar-refractivity contribution is 8.16. The molecule has 0 N–H and O–H groups in total. The van der Waals surface area contributed by atoms with Crippen molar-refractivity contribution in [2.45, 2.75) is 24.4 Å². The number of fused-ring (bicyclic) bond motifs is 1. The number of carbonyl (C=O) groups excluding carboxylic acids is 1. The summed E-state index contributed by atoms with van der Waals surface area (Å²) >= 11 is 7.15. The summed E-state index contributed by atoms with van der Waals surface area (Å²) in [6.45, 7) is 1.21. The Morgan fingerprint density at radius 2 is 2.04 bits per heavy atom. The molecule has 5 nitrogen and oxygen atoms in total. The standard InChI is InChI=1S/C14H12ClF3N2O3S2/c1-7(21)19-13-20(11-5-25(22,23)6-12(11)24-13)10-4-8(14(16,17)18)2-3-9(10)15/h2-4,11-12H,5-6H2,1H3/t11-,12-/m1/s1. The van der Waals surface area contributed by atoms with Crippen molar-refractivity contribution in [3.63, 3.8) is 0 Å². The third-order valence-electron chi connectivity index (χ3n) is 3.85. The Morgan fingerprint density at radius 3 is 2.64 bits per heavy atom. The normalized spacial score (nSPS) is 26.9. The molecule has 1 aromatic carbocycles. The lowest BCUT2D eigenvalue weighted by atomic mass is 10.1. The van der Waals surface area contributed by atoms with Gasteiger partial charge in [0.2, 0.25) is 5.91 Å². The SMILES string of the molecule is CC(=O)N=C1S[C@@H]2CS(=O)(=O)C[C@H]2N1c1cc(C(F)(F)F)ccc1Cl. The molecular weight excluding hydrogens is 401 g/mol. The highest BCUT2D eigenvalue weighted by atomic mass is 35.5. The Bertz CT molecular complexity index is 871. The molecule has 1 aromatic rings. The number of rotatable bonds is 1. The molecule has 2 aliphatic heterocycles. The van der Waals surface area contributed by atoms with Crippen LogP contribution in [-0.4, -0.2) is 42.3 Å². The molecule has 1 amide bonds. The lowest BCUT2D eigenvalue weighted by molar-refractivity contribution is -0.137. The summed E-state index contributed by atoms with van der Waals surface area (Å²) in [5.41, 5.74) is -0.919. The second-order valence-corrected chi connectivity index (χ2v) is 9.52. The molecule has 0 saturated carbocycles. The molecule has 2 heterocycles. The molecule has 2 atom stereocenters. The number of benzene rings is 1. The Kier molecular flexibility index (Phi) is 4.57. The van der Waals surface area contributed by atoms with Gasteiger partial charge < -0.3 is 4.90 Å². The largest absolute Gasteiger partial charge is 0.416 e. The van der Waals surface area contributed by atoms with E-state index in [-0.39, 0.29) is 27.4 Å². The molecular formula is C14H12ClF3N2O3S2. The number of carbonyl (C=O) groups is 1. The highest BCUT2D eigenvalue weighted by Gasteiger charge is 2.50. The molecule has 2 fully saturated rings.